The summed E-state index contributed by atoms with van der Waals surface area (Å²) < 4.78 is 0. The Hall–Kier alpha value is -1.55. The maximum atomic E-state index is 12.5. The molecule has 2 saturated carbocycles. The van der Waals surface area contributed by atoms with E-state index in [1.807, 2.05) is 0 Å². The highest BCUT2D eigenvalue weighted by atomic mass is 16.2. The molecule has 1 heterocycles. The number of fused-ring (bicyclic) bond motifs is 2. The summed E-state index contributed by atoms with van der Waals surface area (Å²) in [5, 5.41) is 3.30. The summed E-state index contributed by atoms with van der Waals surface area (Å²) in [5.41, 5.74) is 1.29. The number of nitrogens with zero attached hydrogens (tertiary/aromatic N) is 2. The predicted molar refractivity (Wildman–Crippen MR) is 102 cm³/mol. The van der Waals surface area contributed by atoms with E-state index in [-0.39, 0.29) is 5.91 Å². The smallest absolute Gasteiger partial charge is 0.234 e. The summed E-state index contributed by atoms with van der Waals surface area (Å²) in [4.78, 5) is 17.2. The normalized spacial score (nSPS) is 30.4. The van der Waals surface area contributed by atoms with Gasteiger partial charge in [-0.3, -0.25) is 9.69 Å². The van der Waals surface area contributed by atoms with Gasteiger partial charge in [-0.2, -0.15) is 0 Å². The minimum Gasteiger partial charge on any atom is -0.369 e. The fraction of sp³-hybridized carbons (Fsp3) is 0.667. The number of hydrogen-bond donors (Lipinski definition) is 1. The van der Waals surface area contributed by atoms with Gasteiger partial charge in [0.05, 0.1) is 6.54 Å². The third-order valence-corrected chi connectivity index (χ3v) is 6.68. The van der Waals surface area contributed by atoms with Crippen LogP contribution in [0.1, 0.15) is 32.6 Å². The summed E-state index contributed by atoms with van der Waals surface area (Å²) in [7, 11) is 0. The first-order valence-corrected chi connectivity index (χ1v) is 10.0. The molecule has 4 atom stereocenters. The molecule has 2 bridgehead atoms. The highest BCUT2D eigenvalue weighted by molar-refractivity contribution is 5.78. The third kappa shape index (κ3) is 3.84. The van der Waals surface area contributed by atoms with Crippen LogP contribution in [0.4, 0.5) is 5.69 Å². The molecule has 4 rings (SSSR count). The van der Waals surface area contributed by atoms with E-state index in [1.54, 1.807) is 0 Å². The first-order valence-electron chi connectivity index (χ1n) is 10.0. The number of nitrogens with one attached hydrogen (secondary N) is 1. The van der Waals surface area contributed by atoms with Crippen LogP contribution in [-0.4, -0.2) is 49.6 Å². The van der Waals surface area contributed by atoms with Crippen LogP contribution in [0.25, 0.3) is 0 Å². The highest BCUT2D eigenvalue weighted by Crippen LogP contribution is 2.49. The minimum atomic E-state index is 0.212. The zero-order chi connectivity index (χ0) is 17.2. The topological polar surface area (TPSA) is 35.6 Å². The molecule has 3 aliphatic rings. The second kappa shape index (κ2) is 7.36. The fourth-order valence-corrected chi connectivity index (χ4v) is 5.32. The van der Waals surface area contributed by atoms with Gasteiger partial charge in [0, 0.05) is 37.9 Å². The third-order valence-electron chi connectivity index (χ3n) is 6.68. The van der Waals surface area contributed by atoms with Crippen molar-refractivity contribution in [2.75, 3.05) is 37.6 Å². The number of rotatable bonds is 5. The van der Waals surface area contributed by atoms with Gasteiger partial charge in [0.2, 0.25) is 5.91 Å². The van der Waals surface area contributed by atoms with E-state index in [9.17, 15) is 4.79 Å². The Labute approximate surface area is 151 Å². The Kier molecular flexibility index (Phi) is 4.98. The highest BCUT2D eigenvalue weighted by Gasteiger charge is 2.42. The number of amides is 1. The fourth-order valence-electron chi connectivity index (χ4n) is 5.32. The molecule has 25 heavy (non-hydrogen) atoms. The number of carbonyl (C=O) groups is 1. The SMILES string of the molecule is C[C@@H](NC(=O)CN1CCN(c2ccccc2)CC1)[C@@H]1C[C@@H]2CC[C@@H]1C2. The molecule has 0 spiro atoms. The first kappa shape index (κ1) is 16.9. The second-order valence-electron chi connectivity index (χ2n) is 8.29. The maximum absolute atomic E-state index is 12.5. The molecule has 4 nitrogen and oxygen atoms in total. The van der Waals surface area contributed by atoms with Crippen LogP contribution in [0, 0.1) is 17.8 Å². The van der Waals surface area contributed by atoms with E-state index in [2.05, 4.69) is 52.4 Å². The molecular formula is C21H31N3O. The maximum Gasteiger partial charge on any atom is 0.234 e. The molecule has 0 aromatic heterocycles. The van der Waals surface area contributed by atoms with Gasteiger partial charge in [-0.05, 0) is 56.1 Å². The Bertz CT molecular complexity index is 582. The summed E-state index contributed by atoms with van der Waals surface area (Å²) in [6, 6.07) is 10.9. The number of carbonyl (C=O) groups excluding carboxylic acids is 1. The Balaban J connectivity index is 1.21. The zero-order valence-electron chi connectivity index (χ0n) is 15.4. The van der Waals surface area contributed by atoms with Gasteiger partial charge in [0.15, 0.2) is 0 Å². The van der Waals surface area contributed by atoms with Crippen molar-refractivity contribution < 1.29 is 4.79 Å². The van der Waals surface area contributed by atoms with Crippen LogP contribution in [0.5, 0.6) is 0 Å². The lowest BCUT2D eigenvalue weighted by Crippen LogP contribution is -2.51. The van der Waals surface area contributed by atoms with Gasteiger partial charge in [0.1, 0.15) is 0 Å². The van der Waals surface area contributed by atoms with E-state index < -0.39 is 0 Å². The van der Waals surface area contributed by atoms with Crippen molar-refractivity contribution in [2.24, 2.45) is 17.8 Å². The van der Waals surface area contributed by atoms with Gasteiger partial charge in [-0.15, -0.1) is 0 Å². The summed E-state index contributed by atoms with van der Waals surface area (Å²) in [6.07, 6.45) is 5.55. The lowest BCUT2D eigenvalue weighted by atomic mass is 9.84. The van der Waals surface area contributed by atoms with Gasteiger partial charge < -0.3 is 10.2 Å². The molecule has 2 aliphatic carbocycles. The molecule has 1 N–H and O–H groups in total. The Morgan fingerprint density at radius 3 is 2.52 bits per heavy atom. The molecule has 4 heteroatoms. The number of piperazine rings is 1. The van der Waals surface area contributed by atoms with Crippen molar-refractivity contribution in [3.8, 4) is 0 Å². The molecule has 0 radical (unpaired) electrons. The lowest BCUT2D eigenvalue weighted by Gasteiger charge is -2.36. The van der Waals surface area contributed by atoms with E-state index in [4.69, 9.17) is 0 Å². The number of benzene rings is 1. The molecule has 1 saturated heterocycles. The summed E-state index contributed by atoms with van der Waals surface area (Å²) in [5.74, 6) is 2.75. The first-order chi connectivity index (χ1) is 12.2. The molecule has 1 aromatic rings. The van der Waals surface area contributed by atoms with Gasteiger partial charge in [-0.1, -0.05) is 24.6 Å². The second-order valence-corrected chi connectivity index (χ2v) is 8.29. The summed E-state index contributed by atoms with van der Waals surface area (Å²) >= 11 is 0. The summed E-state index contributed by atoms with van der Waals surface area (Å²) in [6.45, 7) is 6.69. The number of para-hydroxylation sites is 1. The molecule has 0 unspecified atom stereocenters. The molecule has 1 aliphatic heterocycles. The van der Waals surface area contributed by atoms with E-state index in [1.165, 1.54) is 31.4 Å². The van der Waals surface area contributed by atoms with Crippen LogP contribution in [0.15, 0.2) is 30.3 Å². The lowest BCUT2D eigenvalue weighted by molar-refractivity contribution is -0.123. The molecule has 1 amide bonds. The van der Waals surface area contributed by atoms with Gasteiger partial charge in [0.25, 0.3) is 0 Å². The predicted octanol–water partition coefficient (Wildman–Crippen LogP) is 2.75. The van der Waals surface area contributed by atoms with Crippen LogP contribution in [-0.2, 0) is 4.79 Å². The van der Waals surface area contributed by atoms with E-state index in [0.717, 1.165) is 43.9 Å². The zero-order valence-corrected chi connectivity index (χ0v) is 15.4. The quantitative estimate of drug-likeness (QED) is 0.894. The van der Waals surface area contributed by atoms with Crippen LogP contribution in [0.2, 0.25) is 0 Å². The van der Waals surface area contributed by atoms with E-state index >= 15 is 0 Å². The monoisotopic (exact) mass is 341 g/mol. The number of hydrogen-bond acceptors (Lipinski definition) is 3. The minimum absolute atomic E-state index is 0.212. The van der Waals surface area contributed by atoms with E-state index in [0.29, 0.717) is 12.6 Å². The molecule has 1 aromatic carbocycles. The largest absolute Gasteiger partial charge is 0.369 e. The Morgan fingerprint density at radius 2 is 1.88 bits per heavy atom. The molecule has 3 fully saturated rings. The van der Waals surface area contributed by atoms with Crippen molar-refractivity contribution in [2.45, 2.75) is 38.6 Å². The van der Waals surface area contributed by atoms with Crippen molar-refractivity contribution >= 4 is 11.6 Å². The average molecular weight is 341 g/mol. The van der Waals surface area contributed by atoms with Gasteiger partial charge in [-0.25, -0.2) is 0 Å². The van der Waals surface area contributed by atoms with Gasteiger partial charge >= 0.3 is 0 Å². The van der Waals surface area contributed by atoms with Crippen molar-refractivity contribution in [1.29, 1.82) is 0 Å². The molecule has 136 valence electrons. The number of anilines is 1. The van der Waals surface area contributed by atoms with Crippen LogP contribution in [0.3, 0.4) is 0 Å². The molecular weight excluding hydrogens is 310 g/mol. The van der Waals surface area contributed by atoms with Crippen LogP contribution < -0.4 is 10.2 Å². The average Bonchev–Trinajstić information content (AvgIpc) is 3.26. The van der Waals surface area contributed by atoms with Crippen molar-refractivity contribution in [3.05, 3.63) is 30.3 Å². The standard InChI is InChI=1S/C21H31N3O/c1-16(20-14-17-7-8-18(20)13-17)22-21(25)15-23-9-11-24(12-10-23)19-5-3-2-4-6-19/h2-6,16-18,20H,7-15H2,1H3,(H,22,25)/t16-,17-,18-,20+/m1/s1. The van der Waals surface area contributed by atoms with Crippen molar-refractivity contribution in [1.82, 2.24) is 10.2 Å². The van der Waals surface area contributed by atoms with Crippen molar-refractivity contribution in [3.63, 3.8) is 0 Å². The Morgan fingerprint density at radius 1 is 1.12 bits per heavy atom. The van der Waals surface area contributed by atoms with Crippen LogP contribution >= 0.6 is 0 Å².